The van der Waals surface area contributed by atoms with Crippen LogP contribution >= 0.6 is 11.3 Å². The van der Waals surface area contributed by atoms with Gasteiger partial charge in [0.25, 0.3) is 0 Å². The molecule has 10 heteroatoms. The van der Waals surface area contributed by atoms with Crippen molar-refractivity contribution in [1.82, 2.24) is 24.8 Å². The lowest BCUT2D eigenvalue weighted by Gasteiger charge is -2.36. The van der Waals surface area contributed by atoms with E-state index in [4.69, 9.17) is 10.5 Å². The van der Waals surface area contributed by atoms with Crippen molar-refractivity contribution < 1.29 is 9.53 Å². The van der Waals surface area contributed by atoms with Gasteiger partial charge in [-0.05, 0) is 0 Å². The number of thiazole rings is 1. The number of morpholine rings is 1. The molecule has 2 aromatic heterocycles. The second kappa shape index (κ2) is 7.06. The predicted octanol–water partition coefficient (Wildman–Crippen LogP) is -0.351. The van der Waals surface area contributed by atoms with Crippen LogP contribution in [0.2, 0.25) is 0 Å². The van der Waals surface area contributed by atoms with Crippen molar-refractivity contribution in [2.45, 2.75) is 0 Å². The first-order valence-electron chi connectivity index (χ1n) is 8.40. The van der Waals surface area contributed by atoms with E-state index in [2.05, 4.69) is 24.8 Å². The zero-order chi connectivity index (χ0) is 17.2. The number of piperazine rings is 1. The van der Waals surface area contributed by atoms with E-state index in [1.807, 2.05) is 4.90 Å². The van der Waals surface area contributed by atoms with E-state index in [9.17, 15) is 4.79 Å². The van der Waals surface area contributed by atoms with Crippen LogP contribution in [0.3, 0.4) is 0 Å². The SMILES string of the molecule is Nc1nc(N2CCN(C(=O)CN3CCOCC3)CC2)c2ncsc2n1. The van der Waals surface area contributed by atoms with Gasteiger partial charge < -0.3 is 20.3 Å². The summed E-state index contributed by atoms with van der Waals surface area (Å²) in [4.78, 5) is 32.5. The van der Waals surface area contributed by atoms with E-state index in [0.717, 1.165) is 42.3 Å². The molecule has 25 heavy (non-hydrogen) atoms. The van der Waals surface area contributed by atoms with Gasteiger partial charge in [0.15, 0.2) is 10.6 Å². The molecule has 134 valence electrons. The van der Waals surface area contributed by atoms with Gasteiger partial charge in [-0.15, -0.1) is 11.3 Å². The summed E-state index contributed by atoms with van der Waals surface area (Å²) < 4.78 is 5.33. The smallest absolute Gasteiger partial charge is 0.236 e. The van der Waals surface area contributed by atoms with Crippen molar-refractivity contribution >= 4 is 39.4 Å². The first-order valence-corrected chi connectivity index (χ1v) is 9.28. The first-order chi connectivity index (χ1) is 12.2. The maximum absolute atomic E-state index is 12.5. The molecule has 4 rings (SSSR count). The fraction of sp³-hybridized carbons (Fsp3) is 0.600. The number of rotatable bonds is 3. The first kappa shape index (κ1) is 16.4. The number of amides is 1. The fourth-order valence-electron chi connectivity index (χ4n) is 3.20. The Bertz CT molecular complexity index is 753. The van der Waals surface area contributed by atoms with E-state index >= 15 is 0 Å². The number of nitrogens with zero attached hydrogens (tertiary/aromatic N) is 6. The standard InChI is InChI=1S/C15H21N7O2S/c16-15-18-13(12-14(19-15)25-10-17-12)22-3-1-21(2-4-22)11(23)9-20-5-7-24-8-6-20/h10H,1-9H2,(H2,16,18,19). The Kier molecular flexibility index (Phi) is 4.64. The Labute approximate surface area is 149 Å². The number of aromatic nitrogens is 3. The second-order valence-electron chi connectivity index (χ2n) is 6.17. The third kappa shape index (κ3) is 3.51. The molecule has 2 aliphatic rings. The Morgan fingerprint density at radius 1 is 1.16 bits per heavy atom. The molecular weight excluding hydrogens is 342 g/mol. The van der Waals surface area contributed by atoms with Crippen LogP contribution in [0.4, 0.5) is 11.8 Å². The van der Waals surface area contributed by atoms with Gasteiger partial charge >= 0.3 is 0 Å². The lowest BCUT2D eigenvalue weighted by molar-refractivity contribution is -0.133. The summed E-state index contributed by atoms with van der Waals surface area (Å²) in [5.41, 5.74) is 8.36. The molecule has 0 unspecified atom stereocenters. The average molecular weight is 363 g/mol. The lowest BCUT2D eigenvalue weighted by atomic mass is 10.3. The Balaban J connectivity index is 1.39. The Morgan fingerprint density at radius 2 is 1.92 bits per heavy atom. The van der Waals surface area contributed by atoms with E-state index in [0.29, 0.717) is 32.8 Å². The quantitative estimate of drug-likeness (QED) is 0.790. The molecule has 0 saturated carbocycles. The highest BCUT2D eigenvalue weighted by molar-refractivity contribution is 7.16. The van der Waals surface area contributed by atoms with Gasteiger partial charge in [-0.2, -0.15) is 4.98 Å². The van der Waals surface area contributed by atoms with Gasteiger partial charge in [-0.25, -0.2) is 9.97 Å². The summed E-state index contributed by atoms with van der Waals surface area (Å²) in [7, 11) is 0. The van der Waals surface area contributed by atoms with Crippen LogP contribution in [0.1, 0.15) is 0 Å². The highest BCUT2D eigenvalue weighted by atomic mass is 32.1. The van der Waals surface area contributed by atoms with Gasteiger partial charge in [0.2, 0.25) is 11.9 Å². The van der Waals surface area contributed by atoms with Crippen LogP contribution in [0.15, 0.2) is 5.51 Å². The van der Waals surface area contributed by atoms with Gasteiger partial charge in [0.1, 0.15) is 5.52 Å². The largest absolute Gasteiger partial charge is 0.379 e. The molecule has 0 aliphatic carbocycles. The van der Waals surface area contributed by atoms with Crippen molar-refractivity contribution in [3.8, 4) is 0 Å². The topological polar surface area (TPSA) is 101 Å². The second-order valence-corrected chi connectivity index (χ2v) is 7.00. The van der Waals surface area contributed by atoms with Gasteiger partial charge in [-0.3, -0.25) is 9.69 Å². The van der Waals surface area contributed by atoms with Crippen molar-refractivity contribution in [2.75, 3.05) is 69.7 Å². The number of hydrogen-bond acceptors (Lipinski definition) is 9. The molecule has 0 bridgehead atoms. The minimum absolute atomic E-state index is 0.183. The molecule has 0 aromatic carbocycles. The molecule has 0 radical (unpaired) electrons. The monoisotopic (exact) mass is 363 g/mol. The van der Waals surface area contributed by atoms with Crippen molar-refractivity contribution in [1.29, 1.82) is 0 Å². The number of carbonyl (C=O) groups is 1. The van der Waals surface area contributed by atoms with Crippen molar-refractivity contribution in [3.05, 3.63) is 5.51 Å². The zero-order valence-corrected chi connectivity index (χ0v) is 14.7. The van der Waals surface area contributed by atoms with Crippen LogP contribution in [-0.2, 0) is 9.53 Å². The van der Waals surface area contributed by atoms with E-state index in [-0.39, 0.29) is 11.9 Å². The number of hydrogen-bond donors (Lipinski definition) is 1. The summed E-state index contributed by atoms with van der Waals surface area (Å²) >= 11 is 1.46. The highest BCUT2D eigenvalue weighted by Crippen LogP contribution is 2.26. The molecule has 1 amide bonds. The lowest BCUT2D eigenvalue weighted by Crippen LogP contribution is -2.52. The summed E-state index contributed by atoms with van der Waals surface area (Å²) in [6, 6.07) is 0. The van der Waals surface area contributed by atoms with Gasteiger partial charge in [0, 0.05) is 39.3 Å². The van der Waals surface area contributed by atoms with E-state index in [1.54, 1.807) is 5.51 Å². The molecule has 2 aliphatic heterocycles. The van der Waals surface area contributed by atoms with E-state index in [1.165, 1.54) is 11.3 Å². The maximum atomic E-state index is 12.5. The van der Waals surface area contributed by atoms with Crippen LogP contribution in [-0.4, -0.2) is 89.7 Å². The highest BCUT2D eigenvalue weighted by Gasteiger charge is 2.25. The van der Waals surface area contributed by atoms with Crippen molar-refractivity contribution in [3.63, 3.8) is 0 Å². The molecule has 2 fully saturated rings. The normalized spacial score (nSPS) is 19.5. The predicted molar refractivity (Wildman–Crippen MR) is 95.7 cm³/mol. The number of nitrogen functional groups attached to an aromatic ring is 1. The van der Waals surface area contributed by atoms with Crippen LogP contribution in [0.5, 0.6) is 0 Å². The molecule has 9 nitrogen and oxygen atoms in total. The zero-order valence-electron chi connectivity index (χ0n) is 13.9. The molecule has 2 saturated heterocycles. The van der Waals surface area contributed by atoms with Crippen molar-refractivity contribution in [2.24, 2.45) is 0 Å². The van der Waals surface area contributed by atoms with Gasteiger partial charge in [-0.1, -0.05) is 0 Å². The molecule has 4 heterocycles. The minimum atomic E-state index is 0.183. The number of nitrogens with two attached hydrogens (primary N) is 1. The molecule has 0 atom stereocenters. The minimum Gasteiger partial charge on any atom is -0.379 e. The third-order valence-electron chi connectivity index (χ3n) is 4.59. The fourth-order valence-corrected chi connectivity index (χ4v) is 3.86. The van der Waals surface area contributed by atoms with Crippen LogP contribution < -0.4 is 10.6 Å². The Hall–Kier alpha value is -2.04. The Morgan fingerprint density at radius 3 is 2.68 bits per heavy atom. The summed E-state index contributed by atoms with van der Waals surface area (Å²) in [6.45, 7) is 6.34. The number of ether oxygens (including phenoxy) is 1. The molecular formula is C15H21N7O2S. The number of fused-ring (bicyclic) bond motifs is 1. The average Bonchev–Trinajstić information content (AvgIpc) is 3.10. The molecule has 0 spiro atoms. The van der Waals surface area contributed by atoms with E-state index < -0.39 is 0 Å². The summed E-state index contributed by atoms with van der Waals surface area (Å²) in [6.07, 6.45) is 0. The van der Waals surface area contributed by atoms with Crippen LogP contribution in [0, 0.1) is 0 Å². The van der Waals surface area contributed by atoms with Gasteiger partial charge in [0.05, 0.1) is 25.3 Å². The molecule has 2 N–H and O–H groups in total. The number of anilines is 2. The summed E-state index contributed by atoms with van der Waals surface area (Å²) in [5.74, 6) is 1.21. The summed E-state index contributed by atoms with van der Waals surface area (Å²) in [5, 5.41) is 0. The molecule has 2 aromatic rings. The maximum Gasteiger partial charge on any atom is 0.236 e. The number of carbonyl (C=O) groups excluding carboxylic acids is 1. The van der Waals surface area contributed by atoms with Crippen LogP contribution in [0.25, 0.3) is 10.3 Å². The third-order valence-corrected chi connectivity index (χ3v) is 5.31.